The van der Waals surface area contributed by atoms with Crippen molar-refractivity contribution in [1.29, 1.82) is 0 Å². The molecule has 0 radical (unpaired) electrons. The van der Waals surface area contributed by atoms with Crippen LogP contribution in [-0.2, 0) is 4.79 Å². The fourth-order valence-electron chi connectivity index (χ4n) is 1.63. The highest BCUT2D eigenvalue weighted by Crippen LogP contribution is 1.97. The summed E-state index contributed by atoms with van der Waals surface area (Å²) in [6.45, 7) is 6.99. The molecule has 2 N–H and O–H groups in total. The van der Waals surface area contributed by atoms with Crippen molar-refractivity contribution in [3.63, 3.8) is 0 Å². The summed E-state index contributed by atoms with van der Waals surface area (Å²) in [5, 5.41) is 11.6. The largest absolute Gasteiger partial charge is 0.481 e. The van der Waals surface area contributed by atoms with Crippen molar-refractivity contribution in [1.82, 2.24) is 15.1 Å². The summed E-state index contributed by atoms with van der Waals surface area (Å²) < 4.78 is 0. The van der Waals surface area contributed by atoms with Gasteiger partial charge in [0.15, 0.2) is 0 Å². The van der Waals surface area contributed by atoms with Crippen molar-refractivity contribution in [3.05, 3.63) is 0 Å². The quantitative estimate of drug-likeness (QED) is 0.574. The number of aliphatic carboxylic acids is 1. The Labute approximate surface area is 91.0 Å². The van der Waals surface area contributed by atoms with Gasteiger partial charge in [-0.05, 0) is 7.05 Å². The van der Waals surface area contributed by atoms with E-state index in [1.165, 1.54) is 0 Å². The Morgan fingerprint density at radius 3 is 2.53 bits per heavy atom. The standard InChI is InChI=1S/C10H21N3O2/c1-12-6-8-13(9-7-12)5-4-11-3-2-10(14)15/h11H,2-9H2,1H3,(H,14,15). The second-order valence-electron chi connectivity index (χ2n) is 4.04. The number of hydrogen-bond donors (Lipinski definition) is 2. The van der Waals surface area contributed by atoms with Gasteiger partial charge >= 0.3 is 5.97 Å². The van der Waals surface area contributed by atoms with Gasteiger partial charge in [-0.25, -0.2) is 0 Å². The zero-order valence-electron chi connectivity index (χ0n) is 9.41. The molecule has 0 unspecified atom stereocenters. The summed E-state index contributed by atoms with van der Waals surface area (Å²) in [6, 6.07) is 0. The van der Waals surface area contributed by atoms with E-state index in [9.17, 15) is 4.79 Å². The van der Waals surface area contributed by atoms with Gasteiger partial charge in [-0.15, -0.1) is 0 Å². The molecular weight excluding hydrogens is 194 g/mol. The van der Waals surface area contributed by atoms with Gasteiger partial charge in [-0.2, -0.15) is 0 Å². The number of piperazine rings is 1. The van der Waals surface area contributed by atoms with Gasteiger partial charge in [-0.3, -0.25) is 9.69 Å². The van der Waals surface area contributed by atoms with Crippen molar-refractivity contribution in [2.75, 3.05) is 52.9 Å². The first kappa shape index (κ1) is 12.4. The fraction of sp³-hybridized carbons (Fsp3) is 0.900. The number of hydrogen-bond acceptors (Lipinski definition) is 4. The van der Waals surface area contributed by atoms with Crippen molar-refractivity contribution >= 4 is 5.97 Å². The third-order valence-electron chi connectivity index (χ3n) is 2.72. The molecule has 0 atom stereocenters. The van der Waals surface area contributed by atoms with E-state index in [1.54, 1.807) is 0 Å². The van der Waals surface area contributed by atoms with Crippen LogP contribution in [0.5, 0.6) is 0 Å². The number of rotatable bonds is 6. The number of nitrogens with zero attached hydrogens (tertiary/aromatic N) is 2. The van der Waals surface area contributed by atoms with E-state index in [1.807, 2.05) is 0 Å². The molecule has 0 aromatic carbocycles. The van der Waals surface area contributed by atoms with Gasteiger partial charge in [0.1, 0.15) is 0 Å². The summed E-state index contributed by atoms with van der Waals surface area (Å²) in [4.78, 5) is 15.0. The maximum atomic E-state index is 10.2. The molecular formula is C10H21N3O2. The Morgan fingerprint density at radius 1 is 1.27 bits per heavy atom. The van der Waals surface area contributed by atoms with E-state index in [0.717, 1.165) is 39.3 Å². The van der Waals surface area contributed by atoms with E-state index < -0.39 is 5.97 Å². The van der Waals surface area contributed by atoms with Crippen LogP contribution in [0.1, 0.15) is 6.42 Å². The lowest BCUT2D eigenvalue weighted by Gasteiger charge is -2.32. The van der Waals surface area contributed by atoms with Gasteiger partial charge < -0.3 is 15.3 Å². The topological polar surface area (TPSA) is 55.8 Å². The number of carboxylic acids is 1. The molecule has 0 spiro atoms. The summed E-state index contributed by atoms with van der Waals surface area (Å²) in [5.41, 5.74) is 0. The Hall–Kier alpha value is -0.650. The minimum absolute atomic E-state index is 0.211. The molecule has 1 aliphatic rings. The van der Waals surface area contributed by atoms with Crippen LogP contribution in [0.4, 0.5) is 0 Å². The number of carbonyl (C=O) groups is 1. The molecule has 0 aromatic heterocycles. The second kappa shape index (κ2) is 6.76. The van der Waals surface area contributed by atoms with Gasteiger partial charge in [0.05, 0.1) is 6.42 Å². The lowest BCUT2D eigenvalue weighted by Crippen LogP contribution is -2.46. The minimum atomic E-state index is -0.734. The highest BCUT2D eigenvalue weighted by molar-refractivity contribution is 5.66. The second-order valence-corrected chi connectivity index (χ2v) is 4.04. The normalized spacial score (nSPS) is 19.3. The highest BCUT2D eigenvalue weighted by atomic mass is 16.4. The zero-order chi connectivity index (χ0) is 11.1. The average Bonchev–Trinajstić information content (AvgIpc) is 2.20. The molecule has 5 heteroatoms. The van der Waals surface area contributed by atoms with E-state index in [2.05, 4.69) is 22.2 Å². The van der Waals surface area contributed by atoms with Crippen LogP contribution in [0.3, 0.4) is 0 Å². The number of carboxylic acid groups (broad SMARTS) is 1. The highest BCUT2D eigenvalue weighted by Gasteiger charge is 2.12. The molecule has 88 valence electrons. The predicted molar refractivity (Wildman–Crippen MR) is 59.1 cm³/mol. The number of likely N-dealkylation sites (N-methyl/N-ethyl adjacent to an activating group) is 1. The van der Waals surface area contributed by atoms with Gasteiger partial charge in [0, 0.05) is 45.8 Å². The van der Waals surface area contributed by atoms with Crippen LogP contribution in [0.25, 0.3) is 0 Å². The Bertz CT molecular complexity index is 191. The lowest BCUT2D eigenvalue weighted by atomic mass is 10.3. The van der Waals surface area contributed by atoms with Gasteiger partial charge in [0.25, 0.3) is 0 Å². The summed E-state index contributed by atoms with van der Waals surface area (Å²) in [6.07, 6.45) is 0.211. The van der Waals surface area contributed by atoms with E-state index >= 15 is 0 Å². The molecule has 0 aliphatic carbocycles. The van der Waals surface area contributed by atoms with E-state index in [-0.39, 0.29) is 6.42 Å². The third-order valence-corrected chi connectivity index (χ3v) is 2.72. The van der Waals surface area contributed by atoms with E-state index in [4.69, 9.17) is 5.11 Å². The van der Waals surface area contributed by atoms with Crippen LogP contribution in [0.2, 0.25) is 0 Å². The molecule has 1 aliphatic heterocycles. The van der Waals surface area contributed by atoms with Crippen LogP contribution in [0, 0.1) is 0 Å². The smallest absolute Gasteiger partial charge is 0.304 e. The first-order valence-corrected chi connectivity index (χ1v) is 5.52. The molecule has 1 rings (SSSR count). The minimum Gasteiger partial charge on any atom is -0.481 e. The zero-order valence-corrected chi connectivity index (χ0v) is 9.41. The van der Waals surface area contributed by atoms with Crippen LogP contribution in [-0.4, -0.2) is 73.7 Å². The predicted octanol–water partition coefficient (Wildman–Crippen LogP) is -0.702. The molecule has 0 aromatic rings. The third kappa shape index (κ3) is 5.71. The van der Waals surface area contributed by atoms with Crippen LogP contribution < -0.4 is 5.32 Å². The molecule has 0 amide bonds. The van der Waals surface area contributed by atoms with Crippen LogP contribution >= 0.6 is 0 Å². The average molecular weight is 215 g/mol. The summed E-state index contributed by atoms with van der Waals surface area (Å²) in [5.74, 6) is -0.734. The van der Waals surface area contributed by atoms with Crippen LogP contribution in [0.15, 0.2) is 0 Å². The van der Waals surface area contributed by atoms with Gasteiger partial charge in [0.2, 0.25) is 0 Å². The maximum absolute atomic E-state index is 10.2. The molecule has 0 bridgehead atoms. The van der Waals surface area contributed by atoms with Crippen molar-refractivity contribution in [2.24, 2.45) is 0 Å². The molecule has 1 fully saturated rings. The summed E-state index contributed by atoms with van der Waals surface area (Å²) >= 11 is 0. The first-order valence-electron chi connectivity index (χ1n) is 5.52. The Balaban J connectivity index is 1.94. The number of nitrogens with one attached hydrogen (secondary N) is 1. The first-order chi connectivity index (χ1) is 7.18. The molecule has 15 heavy (non-hydrogen) atoms. The SMILES string of the molecule is CN1CCN(CCNCCC(=O)O)CC1. The molecule has 1 saturated heterocycles. The molecule has 5 nitrogen and oxygen atoms in total. The fourth-order valence-corrected chi connectivity index (χ4v) is 1.63. The molecule has 0 saturated carbocycles. The van der Waals surface area contributed by atoms with Crippen molar-refractivity contribution < 1.29 is 9.90 Å². The Kier molecular flexibility index (Phi) is 5.60. The van der Waals surface area contributed by atoms with Crippen molar-refractivity contribution in [2.45, 2.75) is 6.42 Å². The lowest BCUT2D eigenvalue weighted by molar-refractivity contribution is -0.136. The Morgan fingerprint density at radius 2 is 1.93 bits per heavy atom. The van der Waals surface area contributed by atoms with Crippen molar-refractivity contribution in [3.8, 4) is 0 Å². The maximum Gasteiger partial charge on any atom is 0.304 e. The molecule has 1 heterocycles. The monoisotopic (exact) mass is 215 g/mol. The summed E-state index contributed by atoms with van der Waals surface area (Å²) in [7, 11) is 2.14. The van der Waals surface area contributed by atoms with Gasteiger partial charge in [-0.1, -0.05) is 0 Å². The van der Waals surface area contributed by atoms with E-state index in [0.29, 0.717) is 6.54 Å².